The summed E-state index contributed by atoms with van der Waals surface area (Å²) >= 11 is 0. The Hall–Kier alpha value is -3.05. The summed E-state index contributed by atoms with van der Waals surface area (Å²) in [4.78, 5) is 0. The number of rotatable bonds is 6. The molecule has 0 saturated heterocycles. The summed E-state index contributed by atoms with van der Waals surface area (Å²) < 4.78 is 10.0. The number of fused-ring (bicyclic) bond motifs is 2. The molecule has 0 atom stereocenters. The van der Waals surface area contributed by atoms with Crippen molar-refractivity contribution >= 4 is 27.8 Å². The number of ether oxygens (including phenoxy) is 1. The molecule has 1 heterocycles. The number of aromatic nitrogens is 2. The number of benzene rings is 3. The Labute approximate surface area is 151 Å². The molecule has 0 aliphatic rings. The van der Waals surface area contributed by atoms with Gasteiger partial charge >= 0.3 is 5.95 Å². The van der Waals surface area contributed by atoms with Crippen LogP contribution in [0.1, 0.15) is 0 Å². The van der Waals surface area contributed by atoms with Crippen molar-refractivity contribution < 1.29 is 14.4 Å². The first-order valence-corrected chi connectivity index (χ1v) is 8.77. The molecule has 1 aromatic heterocycles. The maximum Gasteiger partial charge on any atom is 0.356 e. The highest BCUT2D eigenvalue weighted by Gasteiger charge is 2.20. The highest BCUT2D eigenvalue weighted by molar-refractivity contribution is 5.88. The molecule has 0 unspecified atom stereocenters. The van der Waals surface area contributed by atoms with E-state index in [9.17, 15) is 5.11 Å². The largest absolute Gasteiger partial charge is 0.490 e. The number of aliphatic hydroxyl groups is 1. The SMILES string of the molecule is Nc1n(CCOc2cccc3ccccc23)c2ccccc2[n+]1CCO. The van der Waals surface area contributed by atoms with Crippen molar-refractivity contribution in [3.05, 3.63) is 66.7 Å². The van der Waals surface area contributed by atoms with Crippen LogP contribution >= 0.6 is 0 Å². The molecule has 4 rings (SSSR count). The van der Waals surface area contributed by atoms with Gasteiger partial charge in [0.05, 0.1) is 13.2 Å². The summed E-state index contributed by atoms with van der Waals surface area (Å²) in [6.07, 6.45) is 0. The van der Waals surface area contributed by atoms with Crippen molar-refractivity contribution in [2.45, 2.75) is 13.1 Å². The van der Waals surface area contributed by atoms with Crippen LogP contribution in [0.4, 0.5) is 5.95 Å². The van der Waals surface area contributed by atoms with E-state index in [1.54, 1.807) is 0 Å². The number of hydrogen-bond donors (Lipinski definition) is 2. The Morgan fingerprint density at radius 2 is 1.73 bits per heavy atom. The van der Waals surface area contributed by atoms with Gasteiger partial charge in [0, 0.05) is 5.39 Å². The van der Waals surface area contributed by atoms with E-state index in [2.05, 4.69) is 18.2 Å². The molecule has 0 fully saturated rings. The highest BCUT2D eigenvalue weighted by atomic mass is 16.5. The Bertz CT molecular complexity index is 1050. The van der Waals surface area contributed by atoms with Crippen molar-refractivity contribution in [2.24, 2.45) is 0 Å². The molecule has 26 heavy (non-hydrogen) atoms. The standard InChI is InChI=1S/C21H21N3O2/c22-21-23(12-14-25)18-9-3-4-10-19(18)24(21)13-15-26-20-11-5-7-16-6-1-2-8-17(16)20/h1-11,22,25H,12-15H2/p+1. The molecule has 3 N–H and O–H groups in total. The van der Waals surface area contributed by atoms with Crippen LogP contribution in [0.2, 0.25) is 0 Å². The van der Waals surface area contributed by atoms with Crippen molar-refractivity contribution in [2.75, 3.05) is 18.9 Å². The first-order valence-electron chi connectivity index (χ1n) is 8.77. The second kappa shape index (κ2) is 7.06. The maximum atomic E-state index is 9.33. The summed E-state index contributed by atoms with van der Waals surface area (Å²) in [5, 5.41) is 11.6. The van der Waals surface area contributed by atoms with E-state index in [0.717, 1.165) is 27.6 Å². The van der Waals surface area contributed by atoms with Crippen LogP contribution in [-0.2, 0) is 13.1 Å². The summed E-state index contributed by atoms with van der Waals surface area (Å²) in [6, 6.07) is 22.3. The van der Waals surface area contributed by atoms with Gasteiger partial charge in [0.1, 0.15) is 29.9 Å². The number of hydrogen-bond acceptors (Lipinski definition) is 3. The van der Waals surface area contributed by atoms with Gasteiger partial charge in [-0.3, -0.25) is 5.73 Å². The minimum atomic E-state index is 0.0510. The van der Waals surface area contributed by atoms with Crippen molar-refractivity contribution in [1.29, 1.82) is 0 Å². The zero-order chi connectivity index (χ0) is 17.9. The van der Waals surface area contributed by atoms with E-state index in [0.29, 0.717) is 25.6 Å². The molecule has 0 saturated carbocycles. The van der Waals surface area contributed by atoms with Crippen molar-refractivity contribution in [1.82, 2.24) is 4.57 Å². The minimum absolute atomic E-state index is 0.0510. The van der Waals surface area contributed by atoms with Gasteiger partial charge < -0.3 is 9.84 Å². The fourth-order valence-electron chi connectivity index (χ4n) is 3.45. The van der Waals surface area contributed by atoms with E-state index >= 15 is 0 Å². The molecule has 0 radical (unpaired) electrons. The number of imidazole rings is 1. The average molecular weight is 348 g/mol. The van der Waals surface area contributed by atoms with Gasteiger partial charge in [-0.2, -0.15) is 0 Å². The normalized spacial score (nSPS) is 11.3. The van der Waals surface area contributed by atoms with Gasteiger partial charge in [-0.1, -0.05) is 48.5 Å². The molecule has 4 aromatic rings. The van der Waals surface area contributed by atoms with Gasteiger partial charge in [0.2, 0.25) is 0 Å². The van der Waals surface area contributed by atoms with Crippen LogP contribution < -0.4 is 15.0 Å². The zero-order valence-corrected chi connectivity index (χ0v) is 14.5. The maximum absolute atomic E-state index is 9.33. The molecule has 0 aliphatic carbocycles. The van der Waals surface area contributed by atoms with Crippen LogP contribution in [0, 0.1) is 0 Å². The van der Waals surface area contributed by atoms with E-state index < -0.39 is 0 Å². The lowest BCUT2D eigenvalue weighted by Crippen LogP contribution is -2.38. The molecule has 5 nitrogen and oxygen atoms in total. The lowest BCUT2D eigenvalue weighted by molar-refractivity contribution is -0.658. The van der Waals surface area contributed by atoms with Gasteiger partial charge in [0.25, 0.3) is 0 Å². The fourth-order valence-corrected chi connectivity index (χ4v) is 3.45. The second-order valence-electron chi connectivity index (χ2n) is 6.20. The average Bonchev–Trinajstić information content (AvgIpc) is 2.94. The van der Waals surface area contributed by atoms with Crippen molar-refractivity contribution in [3.8, 4) is 5.75 Å². The smallest absolute Gasteiger partial charge is 0.356 e. The van der Waals surface area contributed by atoms with Gasteiger partial charge in [-0.25, -0.2) is 9.13 Å². The predicted octanol–water partition coefficient (Wildman–Crippen LogP) is 2.74. The molecule has 0 amide bonds. The first kappa shape index (κ1) is 16.4. The topological polar surface area (TPSA) is 64.3 Å². The van der Waals surface area contributed by atoms with Crippen LogP contribution in [0.5, 0.6) is 5.75 Å². The number of para-hydroxylation sites is 2. The molecule has 0 bridgehead atoms. The van der Waals surface area contributed by atoms with E-state index in [4.69, 9.17) is 10.5 Å². The number of anilines is 1. The Kier molecular flexibility index (Phi) is 4.46. The predicted molar refractivity (Wildman–Crippen MR) is 103 cm³/mol. The van der Waals surface area contributed by atoms with Crippen LogP contribution in [-0.4, -0.2) is 22.9 Å². The molecule has 0 aliphatic heterocycles. The van der Waals surface area contributed by atoms with Gasteiger partial charge in [0.15, 0.2) is 0 Å². The quantitative estimate of drug-likeness (QED) is 0.527. The molecule has 3 aromatic carbocycles. The van der Waals surface area contributed by atoms with Gasteiger partial charge in [-0.15, -0.1) is 0 Å². The third-order valence-corrected chi connectivity index (χ3v) is 4.66. The van der Waals surface area contributed by atoms with Crippen LogP contribution in [0.15, 0.2) is 66.7 Å². The molecular weight excluding hydrogens is 326 g/mol. The molecule has 132 valence electrons. The van der Waals surface area contributed by atoms with E-state index in [1.807, 2.05) is 57.7 Å². The number of aliphatic hydroxyl groups excluding tert-OH is 1. The monoisotopic (exact) mass is 348 g/mol. The second-order valence-corrected chi connectivity index (χ2v) is 6.20. The summed E-state index contributed by atoms with van der Waals surface area (Å²) in [6.45, 7) is 1.67. The fraction of sp³-hybridized carbons (Fsp3) is 0.190. The Morgan fingerprint density at radius 1 is 0.962 bits per heavy atom. The Balaban J connectivity index is 1.59. The number of nitrogens with zero attached hydrogens (tertiary/aromatic N) is 2. The minimum Gasteiger partial charge on any atom is -0.490 e. The van der Waals surface area contributed by atoms with Crippen LogP contribution in [0.25, 0.3) is 21.8 Å². The third-order valence-electron chi connectivity index (χ3n) is 4.66. The summed E-state index contributed by atoms with van der Waals surface area (Å²) in [5.41, 5.74) is 8.39. The van der Waals surface area contributed by atoms with Gasteiger partial charge in [-0.05, 0) is 23.6 Å². The number of nitrogen functional groups attached to an aromatic ring is 1. The molecule has 5 heteroatoms. The van der Waals surface area contributed by atoms with Crippen molar-refractivity contribution in [3.63, 3.8) is 0 Å². The highest BCUT2D eigenvalue weighted by Crippen LogP contribution is 2.25. The lowest BCUT2D eigenvalue weighted by Gasteiger charge is -2.09. The zero-order valence-electron chi connectivity index (χ0n) is 14.5. The van der Waals surface area contributed by atoms with E-state index in [-0.39, 0.29) is 6.61 Å². The molecular formula is C21H22N3O2+. The summed E-state index contributed by atoms with van der Waals surface area (Å²) in [7, 11) is 0. The lowest BCUT2D eigenvalue weighted by atomic mass is 10.1. The van der Waals surface area contributed by atoms with E-state index in [1.165, 1.54) is 0 Å². The molecule has 0 spiro atoms. The Morgan fingerprint density at radius 3 is 2.62 bits per heavy atom. The summed E-state index contributed by atoms with van der Waals surface area (Å²) in [5.74, 6) is 1.50. The first-order chi connectivity index (χ1) is 12.8. The third kappa shape index (κ3) is 2.86. The van der Waals surface area contributed by atoms with Crippen LogP contribution in [0.3, 0.4) is 0 Å². The number of nitrogens with two attached hydrogens (primary N) is 1.